The van der Waals surface area contributed by atoms with Crippen LogP contribution in [0.2, 0.25) is 0 Å². The van der Waals surface area contributed by atoms with Gasteiger partial charge in [-0.25, -0.2) is 14.6 Å². The number of ether oxygens (including phenoxy) is 1. The molecule has 0 N–H and O–H groups in total. The van der Waals surface area contributed by atoms with Crippen molar-refractivity contribution in [3.8, 4) is 27.8 Å². The zero-order valence-corrected chi connectivity index (χ0v) is 18.5. The summed E-state index contributed by atoms with van der Waals surface area (Å²) in [6, 6.07) is 6.38. The van der Waals surface area contributed by atoms with Crippen molar-refractivity contribution >= 4 is 23.9 Å². The molecule has 0 radical (unpaired) electrons. The summed E-state index contributed by atoms with van der Waals surface area (Å²) in [7, 11) is -0.356. The van der Waals surface area contributed by atoms with Crippen molar-refractivity contribution < 1.29 is 14.0 Å². The summed E-state index contributed by atoms with van der Waals surface area (Å²) in [5.74, 6) is 1.64. The van der Waals surface area contributed by atoms with E-state index in [-0.39, 0.29) is 18.6 Å². The standard InChI is InChI=1S/C21H25BN4O3S/c1-13(2)26-19(23-12-24-26)20-25-18-15-6-5-14(22-28-10-21(3,4)11-29-22)9-16(15)27-8-7-17(18)30-20/h5-6,9,12-13H,7-8,10-11H2,1-4H3. The van der Waals surface area contributed by atoms with E-state index in [1.54, 1.807) is 17.7 Å². The smallest absolute Gasteiger partial charge is 0.493 e. The first-order chi connectivity index (χ1) is 14.4. The highest BCUT2D eigenvalue weighted by Gasteiger charge is 2.34. The van der Waals surface area contributed by atoms with Crippen LogP contribution in [0.4, 0.5) is 0 Å². The zero-order valence-electron chi connectivity index (χ0n) is 17.7. The second kappa shape index (κ2) is 7.48. The molecule has 1 aromatic carbocycles. The molecule has 2 aromatic heterocycles. The molecule has 156 valence electrons. The van der Waals surface area contributed by atoms with Crippen molar-refractivity contribution in [3.63, 3.8) is 0 Å². The van der Waals surface area contributed by atoms with Gasteiger partial charge in [0.2, 0.25) is 0 Å². The molecule has 9 heteroatoms. The van der Waals surface area contributed by atoms with E-state index >= 15 is 0 Å². The van der Waals surface area contributed by atoms with Crippen LogP contribution >= 0.6 is 11.3 Å². The molecule has 0 amide bonds. The van der Waals surface area contributed by atoms with Crippen molar-refractivity contribution in [2.75, 3.05) is 19.8 Å². The predicted molar refractivity (Wildman–Crippen MR) is 117 cm³/mol. The van der Waals surface area contributed by atoms with E-state index in [2.05, 4.69) is 49.9 Å². The fourth-order valence-corrected chi connectivity index (χ4v) is 4.79. The predicted octanol–water partition coefficient (Wildman–Crippen LogP) is 3.35. The third kappa shape index (κ3) is 3.55. The normalized spacial score (nSPS) is 18.0. The van der Waals surface area contributed by atoms with Crippen LogP contribution in [-0.2, 0) is 15.7 Å². The molecule has 1 fully saturated rings. The van der Waals surface area contributed by atoms with E-state index in [9.17, 15) is 0 Å². The van der Waals surface area contributed by atoms with Gasteiger partial charge in [0, 0.05) is 41.5 Å². The Morgan fingerprint density at radius 2 is 2.00 bits per heavy atom. The molecule has 0 saturated carbocycles. The van der Waals surface area contributed by atoms with Gasteiger partial charge in [0.15, 0.2) is 10.8 Å². The minimum Gasteiger partial charge on any atom is -0.493 e. The fourth-order valence-electron chi connectivity index (χ4n) is 3.75. The van der Waals surface area contributed by atoms with Crippen molar-refractivity contribution in [2.45, 2.75) is 40.2 Å². The summed E-state index contributed by atoms with van der Waals surface area (Å²) in [6.07, 6.45) is 2.41. The van der Waals surface area contributed by atoms with E-state index in [0.29, 0.717) is 19.8 Å². The monoisotopic (exact) mass is 424 g/mol. The average molecular weight is 424 g/mol. The molecule has 5 rings (SSSR count). The lowest BCUT2D eigenvalue weighted by atomic mass is 9.75. The minimum absolute atomic E-state index is 0.0428. The van der Waals surface area contributed by atoms with Crippen LogP contribution in [0.25, 0.3) is 22.1 Å². The van der Waals surface area contributed by atoms with E-state index in [4.69, 9.17) is 19.0 Å². The third-order valence-corrected chi connectivity index (χ3v) is 6.43. The van der Waals surface area contributed by atoms with E-state index < -0.39 is 0 Å². The Labute approximate surface area is 180 Å². The van der Waals surface area contributed by atoms with Crippen LogP contribution in [-0.4, -0.2) is 46.7 Å². The topological polar surface area (TPSA) is 71.3 Å². The molecule has 2 aliphatic rings. The van der Waals surface area contributed by atoms with Crippen molar-refractivity contribution in [1.82, 2.24) is 19.7 Å². The number of thiazole rings is 1. The summed E-state index contributed by atoms with van der Waals surface area (Å²) in [5, 5.41) is 5.25. The lowest BCUT2D eigenvalue weighted by Gasteiger charge is -2.33. The zero-order chi connectivity index (χ0) is 20.9. The minimum atomic E-state index is -0.356. The van der Waals surface area contributed by atoms with Gasteiger partial charge >= 0.3 is 7.12 Å². The molecule has 0 bridgehead atoms. The number of nitrogens with zero attached hydrogens (tertiary/aromatic N) is 4. The van der Waals surface area contributed by atoms with Crippen molar-refractivity contribution in [3.05, 3.63) is 29.4 Å². The first kappa shape index (κ1) is 19.7. The molecule has 0 unspecified atom stereocenters. The highest BCUT2D eigenvalue weighted by Crippen LogP contribution is 2.39. The average Bonchev–Trinajstić information content (AvgIpc) is 3.32. The number of aromatic nitrogens is 4. The van der Waals surface area contributed by atoms with Gasteiger partial charge in [-0.3, -0.25) is 0 Å². The Kier molecular flexibility index (Phi) is 4.92. The molecule has 0 atom stereocenters. The molecule has 0 spiro atoms. The molecule has 2 aliphatic heterocycles. The number of rotatable bonds is 3. The SMILES string of the molecule is CC(C)n1ncnc1-c1nc2c(s1)CCOc1cc(B3OCC(C)(C)CO3)ccc1-2. The van der Waals surface area contributed by atoms with Crippen LogP contribution in [0, 0.1) is 5.41 Å². The number of hydrogen-bond donors (Lipinski definition) is 0. The number of fused-ring (bicyclic) bond motifs is 3. The first-order valence-electron chi connectivity index (χ1n) is 10.3. The Bertz CT molecular complexity index is 1070. The first-order valence-corrected chi connectivity index (χ1v) is 11.1. The second-order valence-electron chi connectivity index (χ2n) is 8.88. The largest absolute Gasteiger partial charge is 0.494 e. The van der Waals surface area contributed by atoms with E-state index in [1.807, 2.05) is 10.7 Å². The van der Waals surface area contributed by atoms with Gasteiger partial charge < -0.3 is 14.0 Å². The molecule has 1 saturated heterocycles. The summed E-state index contributed by atoms with van der Waals surface area (Å²) >= 11 is 1.67. The summed E-state index contributed by atoms with van der Waals surface area (Å²) < 4.78 is 19.9. The van der Waals surface area contributed by atoms with Crippen LogP contribution < -0.4 is 10.2 Å². The van der Waals surface area contributed by atoms with Gasteiger partial charge in [-0.15, -0.1) is 11.3 Å². The van der Waals surface area contributed by atoms with Gasteiger partial charge in [-0.05, 0) is 31.4 Å². The van der Waals surface area contributed by atoms with Gasteiger partial charge in [0.25, 0.3) is 0 Å². The Hall–Kier alpha value is -2.23. The summed E-state index contributed by atoms with van der Waals surface area (Å²) in [5.41, 5.74) is 2.99. The molecule has 4 heterocycles. The lowest BCUT2D eigenvalue weighted by molar-refractivity contribution is 0.0343. The highest BCUT2D eigenvalue weighted by molar-refractivity contribution is 7.15. The molecule has 0 aliphatic carbocycles. The van der Waals surface area contributed by atoms with Crippen molar-refractivity contribution in [2.24, 2.45) is 5.41 Å². The second-order valence-corrected chi connectivity index (χ2v) is 9.97. The number of benzene rings is 1. The van der Waals surface area contributed by atoms with Gasteiger partial charge in [0.05, 0.1) is 12.3 Å². The molecular formula is C21H25BN4O3S. The Morgan fingerprint density at radius 3 is 2.77 bits per heavy atom. The molecule has 7 nitrogen and oxygen atoms in total. The Morgan fingerprint density at radius 1 is 1.20 bits per heavy atom. The van der Waals surface area contributed by atoms with E-state index in [0.717, 1.165) is 39.7 Å². The van der Waals surface area contributed by atoms with Crippen molar-refractivity contribution in [1.29, 1.82) is 0 Å². The maximum atomic E-state index is 6.08. The molecule has 30 heavy (non-hydrogen) atoms. The lowest BCUT2D eigenvalue weighted by Crippen LogP contribution is -2.47. The maximum absolute atomic E-state index is 6.08. The number of hydrogen-bond acceptors (Lipinski definition) is 7. The van der Waals surface area contributed by atoms with Crippen LogP contribution in [0.15, 0.2) is 24.5 Å². The molecular weight excluding hydrogens is 399 g/mol. The highest BCUT2D eigenvalue weighted by atomic mass is 32.1. The quantitative estimate of drug-likeness (QED) is 0.601. The van der Waals surface area contributed by atoms with Gasteiger partial charge in [-0.2, -0.15) is 5.10 Å². The van der Waals surface area contributed by atoms with Crippen LogP contribution in [0.1, 0.15) is 38.6 Å². The Balaban J connectivity index is 1.49. The summed E-state index contributed by atoms with van der Waals surface area (Å²) in [6.45, 7) is 10.4. The fraction of sp³-hybridized carbons (Fsp3) is 0.476. The van der Waals surface area contributed by atoms with Crippen LogP contribution in [0.3, 0.4) is 0 Å². The maximum Gasteiger partial charge on any atom is 0.494 e. The summed E-state index contributed by atoms with van der Waals surface area (Å²) in [4.78, 5) is 10.6. The third-order valence-electron chi connectivity index (χ3n) is 5.32. The van der Waals surface area contributed by atoms with Crippen LogP contribution in [0.5, 0.6) is 5.75 Å². The van der Waals surface area contributed by atoms with E-state index in [1.165, 1.54) is 4.88 Å². The van der Waals surface area contributed by atoms with Gasteiger partial charge in [-0.1, -0.05) is 19.9 Å². The molecule has 3 aromatic rings. The van der Waals surface area contributed by atoms with Gasteiger partial charge in [0.1, 0.15) is 12.1 Å².